The van der Waals surface area contributed by atoms with E-state index in [-0.39, 0.29) is 12.0 Å². The van der Waals surface area contributed by atoms with Gasteiger partial charge in [-0.25, -0.2) is 0 Å². The highest BCUT2D eigenvalue weighted by atomic mass is 16.2. The van der Waals surface area contributed by atoms with Crippen LogP contribution in [0.5, 0.6) is 0 Å². The summed E-state index contributed by atoms with van der Waals surface area (Å²) in [6, 6.07) is 8.17. The number of rotatable bonds is 7. The van der Waals surface area contributed by atoms with Gasteiger partial charge in [-0.3, -0.25) is 14.4 Å². The van der Waals surface area contributed by atoms with Crippen molar-refractivity contribution >= 4 is 17.3 Å². The van der Waals surface area contributed by atoms with E-state index < -0.39 is 17.3 Å². The molecule has 3 nitrogen and oxygen atoms in total. The van der Waals surface area contributed by atoms with Gasteiger partial charge in [0.2, 0.25) is 11.6 Å². The molecule has 90 valence electrons. The minimum Gasteiger partial charge on any atom is -0.290 e. The molecule has 0 radical (unpaired) electrons. The molecule has 0 fully saturated rings. The van der Waals surface area contributed by atoms with Gasteiger partial charge in [-0.05, 0) is 6.42 Å². The molecule has 3 heteroatoms. The van der Waals surface area contributed by atoms with E-state index in [9.17, 15) is 14.4 Å². The predicted molar refractivity (Wildman–Crippen MR) is 64.9 cm³/mol. The third kappa shape index (κ3) is 3.94. The van der Waals surface area contributed by atoms with Crippen LogP contribution in [-0.2, 0) is 9.59 Å². The van der Waals surface area contributed by atoms with Gasteiger partial charge < -0.3 is 0 Å². The van der Waals surface area contributed by atoms with Crippen LogP contribution in [0.25, 0.3) is 0 Å². The van der Waals surface area contributed by atoms with Crippen LogP contribution in [0.15, 0.2) is 30.3 Å². The van der Waals surface area contributed by atoms with Gasteiger partial charge >= 0.3 is 0 Å². The fourth-order valence-electron chi connectivity index (χ4n) is 1.50. The summed E-state index contributed by atoms with van der Waals surface area (Å²) < 4.78 is 0. The second-order valence-electron chi connectivity index (χ2n) is 3.90. The zero-order valence-corrected chi connectivity index (χ0v) is 9.94. The zero-order valence-electron chi connectivity index (χ0n) is 9.94. The Balaban J connectivity index is 2.58. The number of benzene rings is 1. The highest BCUT2D eigenvalue weighted by molar-refractivity contribution is 6.67. The van der Waals surface area contributed by atoms with Crippen molar-refractivity contribution in [3.8, 4) is 0 Å². The van der Waals surface area contributed by atoms with Crippen molar-refractivity contribution in [2.75, 3.05) is 0 Å². The monoisotopic (exact) mass is 232 g/mol. The molecule has 0 aliphatic heterocycles. The van der Waals surface area contributed by atoms with Crippen LogP contribution in [0.2, 0.25) is 0 Å². The maximum Gasteiger partial charge on any atom is 0.268 e. The first-order chi connectivity index (χ1) is 8.16. The van der Waals surface area contributed by atoms with Crippen LogP contribution in [0.1, 0.15) is 43.0 Å². The van der Waals surface area contributed by atoms with Gasteiger partial charge in [0.15, 0.2) is 0 Å². The fraction of sp³-hybridized carbons (Fsp3) is 0.357. The third-order valence-corrected chi connectivity index (χ3v) is 2.50. The van der Waals surface area contributed by atoms with Crippen LogP contribution in [0.4, 0.5) is 0 Å². The van der Waals surface area contributed by atoms with Crippen molar-refractivity contribution in [2.45, 2.75) is 32.6 Å². The zero-order chi connectivity index (χ0) is 12.7. The van der Waals surface area contributed by atoms with Crippen LogP contribution in [-0.4, -0.2) is 17.3 Å². The summed E-state index contributed by atoms with van der Waals surface area (Å²) in [5, 5.41) is 0. The Bertz CT molecular complexity index is 407. The lowest BCUT2D eigenvalue weighted by atomic mass is 10.0. The van der Waals surface area contributed by atoms with E-state index in [1.807, 2.05) is 6.92 Å². The molecule has 0 aromatic heterocycles. The molecule has 1 aromatic carbocycles. The van der Waals surface area contributed by atoms with Crippen LogP contribution in [0, 0.1) is 0 Å². The Morgan fingerprint density at radius 1 is 1.00 bits per heavy atom. The predicted octanol–water partition coefficient (Wildman–Crippen LogP) is 2.59. The SMILES string of the molecule is CCCCCC(=O)C(=O)C(=O)c1ccccc1. The lowest BCUT2D eigenvalue weighted by Crippen LogP contribution is -2.23. The quantitative estimate of drug-likeness (QED) is 0.314. The van der Waals surface area contributed by atoms with Crippen molar-refractivity contribution in [2.24, 2.45) is 0 Å². The third-order valence-electron chi connectivity index (χ3n) is 2.50. The fourth-order valence-corrected chi connectivity index (χ4v) is 1.50. The normalized spacial score (nSPS) is 9.94. The molecule has 0 heterocycles. The lowest BCUT2D eigenvalue weighted by Gasteiger charge is -1.99. The molecular weight excluding hydrogens is 216 g/mol. The van der Waals surface area contributed by atoms with E-state index in [1.165, 1.54) is 0 Å². The van der Waals surface area contributed by atoms with Crippen molar-refractivity contribution < 1.29 is 14.4 Å². The summed E-state index contributed by atoms with van der Waals surface area (Å²) in [6.45, 7) is 2.02. The van der Waals surface area contributed by atoms with Crippen molar-refractivity contribution in [1.82, 2.24) is 0 Å². The maximum absolute atomic E-state index is 11.6. The molecule has 0 bridgehead atoms. The largest absolute Gasteiger partial charge is 0.290 e. The van der Waals surface area contributed by atoms with Gasteiger partial charge in [0.05, 0.1) is 0 Å². The van der Waals surface area contributed by atoms with E-state index in [0.29, 0.717) is 6.42 Å². The summed E-state index contributed by atoms with van der Waals surface area (Å²) in [6.07, 6.45) is 2.72. The number of carbonyl (C=O) groups excluding carboxylic acids is 3. The first-order valence-corrected chi connectivity index (χ1v) is 5.83. The Hall–Kier alpha value is -1.77. The number of Topliss-reactive ketones (excluding diaryl/α,β-unsaturated/α-hetero) is 3. The van der Waals surface area contributed by atoms with E-state index in [4.69, 9.17) is 0 Å². The average Bonchev–Trinajstić information content (AvgIpc) is 2.38. The van der Waals surface area contributed by atoms with Crippen molar-refractivity contribution in [1.29, 1.82) is 0 Å². The first-order valence-electron chi connectivity index (χ1n) is 5.83. The van der Waals surface area contributed by atoms with Gasteiger partial charge in [-0.15, -0.1) is 0 Å². The molecule has 0 spiro atoms. The molecule has 0 N–H and O–H groups in total. The number of unbranched alkanes of at least 4 members (excludes halogenated alkanes) is 2. The Labute approximate surface area is 101 Å². The molecule has 0 saturated carbocycles. The summed E-state index contributed by atoms with van der Waals surface area (Å²) in [5.74, 6) is -2.17. The van der Waals surface area contributed by atoms with Crippen molar-refractivity contribution in [3.63, 3.8) is 0 Å². The van der Waals surface area contributed by atoms with Crippen molar-refractivity contribution in [3.05, 3.63) is 35.9 Å². The summed E-state index contributed by atoms with van der Waals surface area (Å²) >= 11 is 0. The van der Waals surface area contributed by atoms with Gasteiger partial charge in [-0.2, -0.15) is 0 Å². The van der Waals surface area contributed by atoms with E-state index in [0.717, 1.165) is 12.8 Å². The summed E-state index contributed by atoms with van der Waals surface area (Å²) in [7, 11) is 0. The summed E-state index contributed by atoms with van der Waals surface area (Å²) in [4.78, 5) is 34.6. The summed E-state index contributed by atoms with van der Waals surface area (Å²) in [5.41, 5.74) is 0.279. The highest BCUT2D eigenvalue weighted by Gasteiger charge is 2.22. The topological polar surface area (TPSA) is 51.2 Å². The molecule has 1 rings (SSSR count). The molecule has 0 aliphatic rings. The Morgan fingerprint density at radius 2 is 1.65 bits per heavy atom. The highest BCUT2D eigenvalue weighted by Crippen LogP contribution is 2.05. The molecule has 0 saturated heterocycles. The van der Waals surface area contributed by atoms with Crippen LogP contribution < -0.4 is 0 Å². The second kappa shape index (κ2) is 6.74. The lowest BCUT2D eigenvalue weighted by molar-refractivity contribution is -0.134. The second-order valence-corrected chi connectivity index (χ2v) is 3.90. The Kier molecular flexibility index (Phi) is 5.27. The number of carbonyl (C=O) groups is 3. The van der Waals surface area contributed by atoms with Gasteiger partial charge in [-0.1, -0.05) is 50.1 Å². The van der Waals surface area contributed by atoms with Gasteiger partial charge in [0.25, 0.3) is 5.78 Å². The number of hydrogen-bond acceptors (Lipinski definition) is 3. The van der Waals surface area contributed by atoms with Crippen LogP contribution in [0.3, 0.4) is 0 Å². The minimum absolute atomic E-state index is 0.172. The van der Waals surface area contributed by atoms with E-state index in [2.05, 4.69) is 0 Å². The molecule has 0 atom stereocenters. The molecule has 0 aliphatic carbocycles. The minimum atomic E-state index is -0.896. The molecule has 0 amide bonds. The average molecular weight is 232 g/mol. The molecule has 1 aromatic rings. The number of ketones is 3. The smallest absolute Gasteiger partial charge is 0.268 e. The molecule has 0 unspecified atom stereocenters. The maximum atomic E-state index is 11.6. The van der Waals surface area contributed by atoms with E-state index >= 15 is 0 Å². The van der Waals surface area contributed by atoms with Crippen LogP contribution >= 0.6 is 0 Å². The van der Waals surface area contributed by atoms with Gasteiger partial charge in [0.1, 0.15) is 0 Å². The number of hydrogen-bond donors (Lipinski definition) is 0. The molecular formula is C14H16O3. The first kappa shape index (κ1) is 13.3. The van der Waals surface area contributed by atoms with Gasteiger partial charge in [0, 0.05) is 12.0 Å². The molecule has 17 heavy (non-hydrogen) atoms. The van der Waals surface area contributed by atoms with E-state index in [1.54, 1.807) is 30.3 Å². The Morgan fingerprint density at radius 3 is 2.24 bits per heavy atom. The standard InChI is InChI=1S/C14H16O3/c1-2-3-5-10-12(15)14(17)13(16)11-8-6-4-7-9-11/h4,6-9H,2-3,5,10H2,1H3.